The molecule has 18 heavy (non-hydrogen) atoms. The highest BCUT2D eigenvalue weighted by Gasteiger charge is 2.14. The molecule has 0 aliphatic carbocycles. The van der Waals surface area contributed by atoms with Crippen molar-refractivity contribution in [2.24, 2.45) is 0 Å². The van der Waals surface area contributed by atoms with E-state index >= 15 is 0 Å². The fourth-order valence-corrected chi connectivity index (χ4v) is 2.61. The van der Waals surface area contributed by atoms with E-state index in [0.717, 1.165) is 10.7 Å². The molecule has 2 rings (SSSR count). The molecule has 0 spiro atoms. The molecular formula is C12H14FN3OS. The number of benzene rings is 1. The molecule has 0 amide bonds. The summed E-state index contributed by atoms with van der Waals surface area (Å²) in [5.41, 5.74) is 1.08. The predicted octanol–water partition coefficient (Wildman–Crippen LogP) is 2.77. The van der Waals surface area contributed by atoms with Crippen LogP contribution in [-0.4, -0.2) is 20.3 Å². The summed E-state index contributed by atoms with van der Waals surface area (Å²) in [6.45, 7) is 5.11. The van der Waals surface area contributed by atoms with Crippen LogP contribution >= 0.6 is 11.8 Å². The standard InChI is InChI=1S/C12H14FN3OS/c1-6-4-11(9(7(2)17)5-10(6)13)18-12-14-8(3)15-16-12/h4-5,7,17H,1-3H3,(H,14,15,16)/t7-/m1/s1. The number of hydrogen-bond acceptors (Lipinski definition) is 4. The van der Waals surface area contributed by atoms with Gasteiger partial charge < -0.3 is 5.11 Å². The quantitative estimate of drug-likeness (QED) is 0.897. The van der Waals surface area contributed by atoms with Gasteiger partial charge in [-0.3, -0.25) is 5.10 Å². The topological polar surface area (TPSA) is 61.8 Å². The highest BCUT2D eigenvalue weighted by atomic mass is 32.2. The Morgan fingerprint density at radius 1 is 1.39 bits per heavy atom. The molecule has 2 aromatic rings. The Labute approximate surface area is 109 Å². The van der Waals surface area contributed by atoms with Gasteiger partial charge in [-0.1, -0.05) is 0 Å². The van der Waals surface area contributed by atoms with Crippen LogP contribution in [0.15, 0.2) is 22.2 Å². The van der Waals surface area contributed by atoms with Gasteiger partial charge in [0, 0.05) is 4.90 Å². The zero-order chi connectivity index (χ0) is 13.3. The summed E-state index contributed by atoms with van der Waals surface area (Å²) in [5.74, 6) is 0.399. The van der Waals surface area contributed by atoms with Crippen LogP contribution in [0.5, 0.6) is 0 Å². The van der Waals surface area contributed by atoms with Crippen molar-refractivity contribution in [1.29, 1.82) is 0 Å². The van der Waals surface area contributed by atoms with Gasteiger partial charge in [0.15, 0.2) is 0 Å². The molecule has 0 saturated carbocycles. The van der Waals surface area contributed by atoms with Crippen LogP contribution in [0, 0.1) is 19.7 Å². The highest BCUT2D eigenvalue weighted by Crippen LogP contribution is 2.33. The maximum Gasteiger partial charge on any atom is 0.213 e. The van der Waals surface area contributed by atoms with Gasteiger partial charge in [0.25, 0.3) is 0 Å². The lowest BCUT2D eigenvalue weighted by molar-refractivity contribution is 0.196. The number of aromatic nitrogens is 3. The summed E-state index contributed by atoms with van der Waals surface area (Å²) in [6, 6.07) is 3.07. The molecule has 4 nitrogen and oxygen atoms in total. The number of rotatable bonds is 3. The first-order valence-electron chi connectivity index (χ1n) is 5.52. The van der Waals surface area contributed by atoms with Crippen molar-refractivity contribution in [3.8, 4) is 0 Å². The van der Waals surface area contributed by atoms with Crippen LogP contribution in [-0.2, 0) is 0 Å². The summed E-state index contributed by atoms with van der Waals surface area (Å²) in [7, 11) is 0. The Hall–Kier alpha value is -1.40. The zero-order valence-electron chi connectivity index (χ0n) is 10.4. The zero-order valence-corrected chi connectivity index (χ0v) is 11.2. The van der Waals surface area contributed by atoms with Crippen LogP contribution < -0.4 is 0 Å². The number of hydrogen-bond donors (Lipinski definition) is 2. The molecule has 1 atom stereocenters. The van der Waals surface area contributed by atoms with Crippen LogP contribution in [0.2, 0.25) is 0 Å². The third-order valence-electron chi connectivity index (χ3n) is 2.52. The molecule has 96 valence electrons. The van der Waals surface area contributed by atoms with E-state index < -0.39 is 6.10 Å². The smallest absolute Gasteiger partial charge is 0.213 e. The van der Waals surface area contributed by atoms with Gasteiger partial charge in [0.2, 0.25) is 5.16 Å². The fraction of sp³-hybridized carbons (Fsp3) is 0.333. The summed E-state index contributed by atoms with van der Waals surface area (Å²) >= 11 is 1.31. The second-order valence-corrected chi connectivity index (χ2v) is 5.13. The largest absolute Gasteiger partial charge is 0.389 e. The molecular weight excluding hydrogens is 253 g/mol. The SMILES string of the molecule is Cc1nc(Sc2cc(C)c(F)cc2[C@@H](C)O)n[nH]1. The van der Waals surface area contributed by atoms with E-state index in [0.29, 0.717) is 16.3 Å². The Morgan fingerprint density at radius 2 is 2.11 bits per heavy atom. The molecule has 1 heterocycles. The molecule has 1 aromatic carbocycles. The molecule has 0 radical (unpaired) electrons. The first kappa shape index (κ1) is 13.0. The predicted molar refractivity (Wildman–Crippen MR) is 67.0 cm³/mol. The fourth-order valence-electron chi connectivity index (χ4n) is 1.55. The Balaban J connectivity index is 2.39. The van der Waals surface area contributed by atoms with E-state index in [4.69, 9.17) is 0 Å². The van der Waals surface area contributed by atoms with E-state index in [1.165, 1.54) is 17.8 Å². The molecule has 2 N–H and O–H groups in total. The summed E-state index contributed by atoms with van der Waals surface area (Å²) < 4.78 is 13.5. The highest BCUT2D eigenvalue weighted by molar-refractivity contribution is 7.99. The monoisotopic (exact) mass is 267 g/mol. The van der Waals surface area contributed by atoms with Gasteiger partial charge in [0.1, 0.15) is 11.6 Å². The number of H-pyrrole nitrogens is 1. The molecule has 0 bridgehead atoms. The van der Waals surface area contributed by atoms with E-state index in [1.54, 1.807) is 19.9 Å². The lowest BCUT2D eigenvalue weighted by atomic mass is 10.1. The lowest BCUT2D eigenvalue weighted by Gasteiger charge is -2.12. The van der Waals surface area contributed by atoms with Crippen molar-refractivity contribution in [3.63, 3.8) is 0 Å². The average molecular weight is 267 g/mol. The van der Waals surface area contributed by atoms with E-state index in [2.05, 4.69) is 15.2 Å². The number of nitrogens with zero attached hydrogens (tertiary/aromatic N) is 2. The number of nitrogens with one attached hydrogen (secondary N) is 1. The Bertz CT molecular complexity index is 568. The molecule has 1 aromatic heterocycles. The van der Waals surface area contributed by atoms with Gasteiger partial charge in [0.05, 0.1) is 6.10 Å². The molecule has 0 aliphatic rings. The molecule has 0 unspecified atom stereocenters. The number of aliphatic hydroxyl groups is 1. The minimum absolute atomic E-state index is 0.318. The van der Waals surface area contributed by atoms with Crippen molar-refractivity contribution in [3.05, 3.63) is 34.9 Å². The van der Waals surface area contributed by atoms with E-state index in [9.17, 15) is 9.50 Å². The lowest BCUT2D eigenvalue weighted by Crippen LogP contribution is -1.97. The van der Waals surface area contributed by atoms with Crippen LogP contribution in [0.1, 0.15) is 30.0 Å². The van der Waals surface area contributed by atoms with Crippen molar-refractivity contribution >= 4 is 11.8 Å². The number of halogens is 1. The van der Waals surface area contributed by atoms with E-state index in [-0.39, 0.29) is 5.82 Å². The van der Waals surface area contributed by atoms with Crippen LogP contribution in [0.4, 0.5) is 4.39 Å². The van der Waals surface area contributed by atoms with Crippen LogP contribution in [0.25, 0.3) is 0 Å². The number of aromatic amines is 1. The molecule has 0 fully saturated rings. The van der Waals surface area contributed by atoms with Gasteiger partial charge >= 0.3 is 0 Å². The van der Waals surface area contributed by atoms with Gasteiger partial charge in [-0.2, -0.15) is 0 Å². The number of aryl methyl sites for hydroxylation is 2. The Morgan fingerprint density at radius 3 is 2.67 bits per heavy atom. The van der Waals surface area contributed by atoms with Crippen molar-refractivity contribution in [1.82, 2.24) is 15.2 Å². The van der Waals surface area contributed by atoms with Crippen LogP contribution in [0.3, 0.4) is 0 Å². The first-order chi connectivity index (χ1) is 8.47. The Kier molecular flexibility index (Phi) is 3.68. The maximum absolute atomic E-state index is 13.5. The van der Waals surface area contributed by atoms with Gasteiger partial charge in [-0.05, 0) is 55.8 Å². The van der Waals surface area contributed by atoms with Crippen molar-refractivity contribution < 1.29 is 9.50 Å². The second-order valence-electron chi connectivity index (χ2n) is 4.12. The number of aliphatic hydroxyl groups excluding tert-OH is 1. The molecule has 0 saturated heterocycles. The summed E-state index contributed by atoms with van der Waals surface area (Å²) in [6.07, 6.45) is -0.734. The van der Waals surface area contributed by atoms with Crippen molar-refractivity contribution in [2.75, 3.05) is 0 Å². The minimum atomic E-state index is -0.734. The first-order valence-corrected chi connectivity index (χ1v) is 6.34. The third-order valence-corrected chi connectivity index (χ3v) is 3.46. The summed E-state index contributed by atoms with van der Waals surface area (Å²) in [4.78, 5) is 4.95. The maximum atomic E-state index is 13.5. The third kappa shape index (κ3) is 2.70. The van der Waals surface area contributed by atoms with Gasteiger partial charge in [-0.25, -0.2) is 9.37 Å². The van der Waals surface area contributed by atoms with Gasteiger partial charge in [-0.15, -0.1) is 5.10 Å². The summed E-state index contributed by atoms with van der Waals surface area (Å²) in [5, 5.41) is 17.0. The molecule has 6 heteroatoms. The second kappa shape index (κ2) is 5.07. The van der Waals surface area contributed by atoms with Crippen molar-refractivity contribution in [2.45, 2.75) is 36.9 Å². The van der Waals surface area contributed by atoms with E-state index in [1.807, 2.05) is 6.92 Å². The minimum Gasteiger partial charge on any atom is -0.389 e. The normalized spacial score (nSPS) is 12.7. The average Bonchev–Trinajstić information content (AvgIpc) is 2.68. The molecule has 0 aliphatic heterocycles.